The van der Waals surface area contributed by atoms with Gasteiger partial charge in [0.1, 0.15) is 24.5 Å². The molecule has 0 atom stereocenters. The second kappa shape index (κ2) is 18.4. The van der Waals surface area contributed by atoms with Crippen LogP contribution in [0.2, 0.25) is 0 Å². The van der Waals surface area contributed by atoms with Crippen LogP contribution in [0.25, 0.3) is 10.9 Å². The molecule has 40 heavy (non-hydrogen) atoms. The van der Waals surface area contributed by atoms with Gasteiger partial charge in [0.15, 0.2) is 0 Å². The minimum atomic E-state index is 0.141. The van der Waals surface area contributed by atoms with Gasteiger partial charge in [-0.25, -0.2) is 15.0 Å². The number of aromatic nitrogens is 2. The molecule has 1 heterocycles. The lowest BCUT2D eigenvalue weighted by Crippen LogP contribution is -2.17. The van der Waals surface area contributed by atoms with Crippen molar-refractivity contribution in [2.75, 3.05) is 37.5 Å². The van der Waals surface area contributed by atoms with Crippen LogP contribution in [0.15, 0.2) is 94.7 Å². The quantitative estimate of drug-likeness (QED) is 0.113. The van der Waals surface area contributed by atoms with Crippen molar-refractivity contribution < 1.29 is 14.6 Å². The molecule has 0 saturated carbocycles. The number of hydrogen-bond acceptors (Lipinski definition) is 8. The number of anilines is 2. The van der Waals surface area contributed by atoms with Gasteiger partial charge in [0, 0.05) is 43.0 Å². The molecule has 3 N–H and O–H groups in total. The summed E-state index contributed by atoms with van der Waals surface area (Å²) >= 11 is 6.62. The number of rotatable bonds is 12. The van der Waals surface area contributed by atoms with Crippen LogP contribution in [0.3, 0.4) is 0 Å². The largest absolute Gasteiger partial charge is 0.490 e. The number of unbranched alkanes of at least 4 members (excludes halogenated alkanes) is 1. The Morgan fingerprint density at radius 2 is 2.08 bits per heavy atom. The zero-order chi connectivity index (χ0) is 29.2. The van der Waals surface area contributed by atoms with E-state index in [4.69, 9.17) is 26.2 Å². The van der Waals surface area contributed by atoms with E-state index in [1.807, 2.05) is 56.4 Å². The summed E-state index contributed by atoms with van der Waals surface area (Å²) in [5.74, 6) is 1.32. The van der Waals surface area contributed by atoms with Crippen LogP contribution in [0.1, 0.15) is 39.5 Å². The van der Waals surface area contributed by atoms with Gasteiger partial charge in [0.2, 0.25) is 0 Å². The SMILES string of the molecule is C/C=C\N=C(CC)COC1=C(Cl)C=C(Nc2ncnc3ccc(NC(=NC)OCCCCO)cc23)C=CC1.C=C. The number of aliphatic imine (C=N–C) groups is 2. The first-order chi connectivity index (χ1) is 19.6. The minimum Gasteiger partial charge on any atom is -0.490 e. The standard InChI is InChI=1S/C28H35ClN6O3.C2H4/c1-4-13-31-20(5-2)18-38-26-10-8-9-21(17-24(26)29)34-27-23-16-22(11-12-25(23)32-19-33-27)35-28(30-3)37-15-7-6-14-36;1-2/h4,8-9,11-13,16-17,19,36H,5-7,10,14-15,18H2,1-3H3,(H,30,35)(H,32,33,34);1-2H2/b13-4-,31-20?;. The lowest BCUT2D eigenvalue weighted by Gasteiger charge is -2.13. The molecule has 2 aromatic rings. The zero-order valence-corrected chi connectivity index (χ0v) is 24.2. The summed E-state index contributed by atoms with van der Waals surface area (Å²) in [7, 11) is 1.66. The molecular formula is C30H39ClN6O3. The number of nitrogens with zero attached hydrogens (tertiary/aromatic N) is 4. The highest BCUT2D eigenvalue weighted by Crippen LogP contribution is 2.27. The van der Waals surface area contributed by atoms with Crippen LogP contribution in [-0.2, 0) is 9.47 Å². The normalized spacial score (nSPS) is 14.0. The molecule has 0 aliphatic heterocycles. The van der Waals surface area contributed by atoms with Crippen LogP contribution in [-0.4, -0.2) is 53.7 Å². The number of amidine groups is 1. The summed E-state index contributed by atoms with van der Waals surface area (Å²) in [6.45, 7) is 11.0. The highest BCUT2D eigenvalue weighted by molar-refractivity contribution is 6.31. The third kappa shape index (κ3) is 10.3. The number of halogens is 1. The Bertz CT molecular complexity index is 1280. The van der Waals surface area contributed by atoms with E-state index in [-0.39, 0.29) is 6.61 Å². The number of ether oxygens (including phenoxy) is 2. The fraction of sp³-hybridized carbons (Fsp3) is 0.333. The Morgan fingerprint density at radius 3 is 2.80 bits per heavy atom. The number of hydrogen-bond donors (Lipinski definition) is 3. The molecule has 0 saturated heterocycles. The van der Waals surface area contributed by atoms with Gasteiger partial charge in [-0.05, 0) is 56.5 Å². The number of fused-ring (bicyclic) bond motifs is 1. The highest BCUT2D eigenvalue weighted by atomic mass is 35.5. The molecule has 0 fully saturated rings. The van der Waals surface area contributed by atoms with E-state index in [9.17, 15) is 0 Å². The van der Waals surface area contributed by atoms with Gasteiger partial charge in [-0.15, -0.1) is 13.2 Å². The molecule has 0 radical (unpaired) electrons. The smallest absolute Gasteiger partial charge is 0.288 e. The van der Waals surface area contributed by atoms with Crippen molar-refractivity contribution >= 4 is 45.7 Å². The zero-order valence-electron chi connectivity index (χ0n) is 23.5. The molecule has 3 rings (SSSR count). The molecular weight excluding hydrogens is 528 g/mol. The summed E-state index contributed by atoms with van der Waals surface area (Å²) in [5.41, 5.74) is 3.28. The van der Waals surface area contributed by atoms with Crippen molar-refractivity contribution in [2.24, 2.45) is 9.98 Å². The van der Waals surface area contributed by atoms with Gasteiger partial charge in [0.25, 0.3) is 6.02 Å². The van der Waals surface area contributed by atoms with Crippen molar-refractivity contribution in [2.45, 2.75) is 39.5 Å². The van der Waals surface area contributed by atoms with Crippen molar-refractivity contribution in [3.8, 4) is 0 Å². The Kier molecular flexibility index (Phi) is 14.8. The molecule has 0 amide bonds. The van der Waals surface area contributed by atoms with Crippen LogP contribution in [0.4, 0.5) is 11.5 Å². The maximum absolute atomic E-state index is 8.94. The van der Waals surface area contributed by atoms with Gasteiger partial charge in [-0.2, -0.15) is 0 Å². The molecule has 10 heteroatoms. The maximum Gasteiger partial charge on any atom is 0.288 e. The first-order valence-electron chi connectivity index (χ1n) is 13.1. The van der Waals surface area contributed by atoms with Gasteiger partial charge < -0.3 is 25.2 Å². The van der Waals surface area contributed by atoms with E-state index >= 15 is 0 Å². The summed E-state index contributed by atoms with van der Waals surface area (Å²) < 4.78 is 11.7. The molecule has 9 nitrogen and oxygen atoms in total. The highest BCUT2D eigenvalue weighted by Gasteiger charge is 2.12. The number of aliphatic hydroxyl groups excluding tert-OH is 1. The van der Waals surface area contributed by atoms with E-state index in [1.54, 1.807) is 13.2 Å². The Hall–Kier alpha value is -3.95. The fourth-order valence-corrected chi connectivity index (χ4v) is 3.72. The molecule has 1 aromatic heterocycles. The average Bonchev–Trinajstić information content (AvgIpc) is 3.16. The van der Waals surface area contributed by atoms with Crippen LogP contribution >= 0.6 is 11.6 Å². The Balaban J connectivity index is 0.00000274. The maximum atomic E-state index is 8.94. The molecule has 1 aliphatic rings. The van der Waals surface area contributed by atoms with Crippen molar-refractivity contribution in [3.05, 3.63) is 84.7 Å². The number of nitrogens with one attached hydrogen (secondary N) is 2. The van der Waals surface area contributed by atoms with Crippen molar-refractivity contribution in [1.29, 1.82) is 0 Å². The molecule has 0 unspecified atom stereocenters. The summed E-state index contributed by atoms with van der Waals surface area (Å²) in [4.78, 5) is 17.4. The molecule has 214 valence electrons. The topological polar surface area (TPSA) is 113 Å². The van der Waals surface area contributed by atoms with Gasteiger partial charge >= 0.3 is 0 Å². The summed E-state index contributed by atoms with van der Waals surface area (Å²) in [6, 6.07) is 6.14. The molecule has 1 aliphatic carbocycles. The number of aliphatic hydroxyl groups is 1. The minimum absolute atomic E-state index is 0.141. The second-order valence-corrected chi connectivity index (χ2v) is 8.72. The third-order valence-electron chi connectivity index (χ3n) is 5.52. The van der Waals surface area contributed by atoms with E-state index in [0.717, 1.165) is 40.8 Å². The predicted molar refractivity (Wildman–Crippen MR) is 167 cm³/mol. The monoisotopic (exact) mass is 566 g/mol. The predicted octanol–water partition coefficient (Wildman–Crippen LogP) is 6.73. The van der Waals surface area contributed by atoms with Gasteiger partial charge in [-0.3, -0.25) is 4.99 Å². The van der Waals surface area contributed by atoms with E-state index < -0.39 is 0 Å². The van der Waals surface area contributed by atoms with Gasteiger partial charge in [0.05, 0.1) is 22.9 Å². The molecule has 0 bridgehead atoms. The molecule has 1 aromatic carbocycles. The van der Waals surface area contributed by atoms with E-state index in [0.29, 0.717) is 48.7 Å². The Labute approximate surface area is 241 Å². The van der Waals surface area contributed by atoms with Crippen molar-refractivity contribution in [1.82, 2.24) is 9.97 Å². The molecule has 0 spiro atoms. The second-order valence-electron chi connectivity index (χ2n) is 8.31. The van der Waals surface area contributed by atoms with Crippen LogP contribution in [0.5, 0.6) is 0 Å². The van der Waals surface area contributed by atoms with Crippen molar-refractivity contribution in [3.63, 3.8) is 0 Å². The lowest BCUT2D eigenvalue weighted by atomic mass is 10.2. The summed E-state index contributed by atoms with van der Waals surface area (Å²) in [6.07, 6.45) is 13.7. The number of benzene rings is 1. The lowest BCUT2D eigenvalue weighted by molar-refractivity contribution is 0.247. The third-order valence-corrected chi connectivity index (χ3v) is 5.84. The summed E-state index contributed by atoms with van der Waals surface area (Å²) in [5, 5.41) is 16.8. The van der Waals surface area contributed by atoms with Gasteiger partial charge in [-0.1, -0.05) is 30.7 Å². The Morgan fingerprint density at radius 1 is 1.25 bits per heavy atom. The van der Waals surface area contributed by atoms with E-state index in [2.05, 4.69) is 43.7 Å². The number of allylic oxidation sites excluding steroid dienone is 5. The first-order valence-corrected chi connectivity index (χ1v) is 13.5. The fourth-order valence-electron chi connectivity index (χ4n) is 3.48. The van der Waals surface area contributed by atoms with E-state index in [1.165, 1.54) is 6.33 Å². The first kappa shape index (κ1) is 32.3. The van der Waals surface area contributed by atoms with Crippen LogP contribution in [0, 0.1) is 0 Å². The average molecular weight is 567 g/mol. The van der Waals surface area contributed by atoms with Crippen LogP contribution < -0.4 is 10.6 Å².